The van der Waals surface area contributed by atoms with E-state index in [9.17, 15) is 4.79 Å². The van der Waals surface area contributed by atoms with E-state index >= 15 is 0 Å². The van der Waals surface area contributed by atoms with Gasteiger partial charge in [-0.2, -0.15) is 5.10 Å². The zero-order valence-corrected chi connectivity index (χ0v) is 16.5. The van der Waals surface area contributed by atoms with Crippen LogP contribution in [0.15, 0.2) is 54.9 Å². The quantitative estimate of drug-likeness (QED) is 0.690. The molecule has 2 aliphatic heterocycles. The number of para-hydroxylation sites is 1. The van der Waals surface area contributed by atoms with Crippen molar-refractivity contribution in [2.45, 2.75) is 32.2 Å². The van der Waals surface area contributed by atoms with E-state index in [0.717, 1.165) is 37.3 Å². The van der Waals surface area contributed by atoms with Crippen LogP contribution in [0.5, 0.6) is 0 Å². The summed E-state index contributed by atoms with van der Waals surface area (Å²) in [7, 11) is 0. The van der Waals surface area contributed by atoms with Crippen LogP contribution in [0.1, 0.15) is 25.3 Å². The van der Waals surface area contributed by atoms with Crippen LogP contribution in [0.25, 0.3) is 5.82 Å². The molecular formula is C22H24N6O. The first-order valence-electron chi connectivity index (χ1n) is 10.2. The van der Waals surface area contributed by atoms with Gasteiger partial charge in [-0.05, 0) is 56.0 Å². The van der Waals surface area contributed by atoms with Crippen LogP contribution in [0.4, 0.5) is 11.5 Å². The molecule has 29 heavy (non-hydrogen) atoms. The predicted molar refractivity (Wildman–Crippen MR) is 111 cm³/mol. The normalized spacial score (nSPS) is 21.3. The number of hydrogen-bond acceptors (Lipinski definition) is 5. The third kappa shape index (κ3) is 3.26. The number of carbonyl (C=O) groups is 1. The van der Waals surface area contributed by atoms with Gasteiger partial charge in [-0.3, -0.25) is 4.79 Å². The molecule has 7 heteroatoms. The summed E-state index contributed by atoms with van der Waals surface area (Å²) in [6.45, 7) is 3.71. The summed E-state index contributed by atoms with van der Waals surface area (Å²) in [6.07, 6.45) is 6.38. The Balaban J connectivity index is 1.32. The second kappa shape index (κ2) is 7.31. The van der Waals surface area contributed by atoms with Crippen LogP contribution in [0.2, 0.25) is 0 Å². The lowest BCUT2D eigenvalue weighted by Gasteiger charge is -2.35. The van der Waals surface area contributed by atoms with Gasteiger partial charge in [0, 0.05) is 37.2 Å². The van der Waals surface area contributed by atoms with E-state index in [1.54, 1.807) is 10.9 Å². The fourth-order valence-electron chi connectivity index (χ4n) is 4.50. The zero-order valence-electron chi connectivity index (χ0n) is 16.5. The van der Waals surface area contributed by atoms with Gasteiger partial charge in [0.1, 0.15) is 0 Å². The molecule has 0 radical (unpaired) electrons. The van der Waals surface area contributed by atoms with Crippen molar-refractivity contribution in [1.82, 2.24) is 20.0 Å². The largest absolute Gasteiger partial charge is 0.354 e. The lowest BCUT2D eigenvalue weighted by Crippen LogP contribution is -2.47. The molecule has 5 rings (SSSR count). The molecule has 0 saturated carbocycles. The molecule has 1 saturated heterocycles. The Bertz CT molecular complexity index is 1000. The average Bonchev–Trinajstić information content (AvgIpc) is 3.41. The SMILES string of the molecule is C[C@H]1Cc2ccccc2N1C(=O)[C@H]1CCCN(c2ccc(-n3cccn3)nn2)C1. The second-order valence-electron chi connectivity index (χ2n) is 7.88. The number of piperidine rings is 1. The fourth-order valence-corrected chi connectivity index (χ4v) is 4.50. The number of amides is 1. The Morgan fingerprint density at radius 1 is 1.07 bits per heavy atom. The molecule has 2 aliphatic rings. The van der Waals surface area contributed by atoms with Crippen molar-refractivity contribution >= 4 is 17.4 Å². The number of aromatic nitrogens is 4. The molecule has 0 N–H and O–H groups in total. The molecule has 1 fully saturated rings. The van der Waals surface area contributed by atoms with Gasteiger partial charge in [-0.25, -0.2) is 4.68 Å². The van der Waals surface area contributed by atoms with Crippen molar-refractivity contribution in [3.63, 3.8) is 0 Å². The Morgan fingerprint density at radius 2 is 1.90 bits per heavy atom. The number of fused-ring (bicyclic) bond motifs is 1. The first-order valence-corrected chi connectivity index (χ1v) is 10.2. The summed E-state index contributed by atoms with van der Waals surface area (Å²) in [5.41, 5.74) is 2.34. The maximum Gasteiger partial charge on any atom is 0.232 e. The summed E-state index contributed by atoms with van der Waals surface area (Å²) in [5, 5.41) is 12.9. The first kappa shape index (κ1) is 17.8. The number of benzene rings is 1. The second-order valence-corrected chi connectivity index (χ2v) is 7.88. The van der Waals surface area contributed by atoms with Crippen molar-refractivity contribution < 1.29 is 4.79 Å². The van der Waals surface area contributed by atoms with Gasteiger partial charge < -0.3 is 9.80 Å². The lowest BCUT2D eigenvalue weighted by atomic mass is 9.96. The van der Waals surface area contributed by atoms with Crippen LogP contribution < -0.4 is 9.80 Å². The van der Waals surface area contributed by atoms with Crippen molar-refractivity contribution in [2.75, 3.05) is 22.9 Å². The fraction of sp³-hybridized carbons (Fsp3) is 0.364. The number of anilines is 2. The zero-order chi connectivity index (χ0) is 19.8. The third-order valence-electron chi connectivity index (χ3n) is 5.91. The summed E-state index contributed by atoms with van der Waals surface area (Å²) in [4.78, 5) is 17.6. The van der Waals surface area contributed by atoms with Gasteiger partial charge >= 0.3 is 0 Å². The van der Waals surface area contributed by atoms with Crippen molar-refractivity contribution in [1.29, 1.82) is 0 Å². The molecule has 0 spiro atoms. The van der Waals surface area contributed by atoms with E-state index in [-0.39, 0.29) is 17.9 Å². The molecule has 7 nitrogen and oxygen atoms in total. The highest BCUT2D eigenvalue weighted by Crippen LogP contribution is 2.34. The minimum atomic E-state index is -0.0232. The van der Waals surface area contributed by atoms with Gasteiger partial charge in [0.2, 0.25) is 5.91 Å². The van der Waals surface area contributed by atoms with Crippen LogP contribution >= 0.6 is 0 Å². The summed E-state index contributed by atoms with van der Waals surface area (Å²) >= 11 is 0. The molecule has 0 unspecified atom stereocenters. The van der Waals surface area contributed by atoms with E-state index < -0.39 is 0 Å². The summed E-state index contributed by atoms with van der Waals surface area (Å²) < 4.78 is 1.69. The van der Waals surface area contributed by atoms with Gasteiger partial charge in [0.05, 0.1) is 5.92 Å². The number of hydrogen-bond donors (Lipinski definition) is 0. The molecule has 1 aromatic carbocycles. The lowest BCUT2D eigenvalue weighted by molar-refractivity contribution is -0.122. The number of carbonyl (C=O) groups excluding carboxylic acids is 1. The van der Waals surface area contributed by atoms with Crippen molar-refractivity contribution in [3.05, 3.63) is 60.4 Å². The van der Waals surface area contributed by atoms with Gasteiger partial charge in [0.15, 0.2) is 11.6 Å². The minimum absolute atomic E-state index is 0.0232. The molecule has 1 amide bonds. The summed E-state index contributed by atoms with van der Waals surface area (Å²) in [5.74, 6) is 1.71. The molecule has 3 aromatic rings. The van der Waals surface area contributed by atoms with Crippen LogP contribution in [0, 0.1) is 5.92 Å². The molecular weight excluding hydrogens is 364 g/mol. The Labute approximate surface area is 170 Å². The number of rotatable bonds is 3. The third-order valence-corrected chi connectivity index (χ3v) is 5.91. The smallest absolute Gasteiger partial charge is 0.232 e. The van der Waals surface area contributed by atoms with E-state index in [4.69, 9.17) is 0 Å². The van der Waals surface area contributed by atoms with Gasteiger partial charge in [-0.15, -0.1) is 10.2 Å². The van der Waals surface area contributed by atoms with E-state index in [0.29, 0.717) is 12.4 Å². The Morgan fingerprint density at radius 3 is 2.69 bits per heavy atom. The Kier molecular flexibility index (Phi) is 4.50. The highest BCUT2D eigenvalue weighted by Gasteiger charge is 2.36. The topological polar surface area (TPSA) is 67.2 Å². The Hall–Kier alpha value is -3.22. The van der Waals surface area contributed by atoms with E-state index in [1.165, 1.54) is 5.56 Å². The van der Waals surface area contributed by atoms with Gasteiger partial charge in [0.25, 0.3) is 0 Å². The van der Waals surface area contributed by atoms with Crippen LogP contribution in [0.3, 0.4) is 0 Å². The predicted octanol–water partition coefficient (Wildman–Crippen LogP) is 2.86. The van der Waals surface area contributed by atoms with E-state index in [1.807, 2.05) is 41.4 Å². The van der Waals surface area contributed by atoms with Crippen LogP contribution in [-0.2, 0) is 11.2 Å². The maximum atomic E-state index is 13.4. The number of nitrogens with zero attached hydrogens (tertiary/aromatic N) is 6. The molecule has 2 atom stereocenters. The average molecular weight is 388 g/mol. The molecule has 0 aliphatic carbocycles. The van der Waals surface area contributed by atoms with Crippen molar-refractivity contribution in [2.24, 2.45) is 5.92 Å². The highest BCUT2D eigenvalue weighted by atomic mass is 16.2. The van der Waals surface area contributed by atoms with Gasteiger partial charge in [-0.1, -0.05) is 18.2 Å². The molecule has 2 aromatic heterocycles. The maximum absolute atomic E-state index is 13.4. The molecule has 0 bridgehead atoms. The highest BCUT2D eigenvalue weighted by molar-refractivity contribution is 5.98. The molecule has 4 heterocycles. The van der Waals surface area contributed by atoms with Crippen LogP contribution in [-0.4, -0.2) is 45.0 Å². The monoisotopic (exact) mass is 388 g/mol. The minimum Gasteiger partial charge on any atom is -0.354 e. The van der Waals surface area contributed by atoms with Crippen molar-refractivity contribution in [3.8, 4) is 5.82 Å². The standard InChI is InChI=1S/C22H24N6O/c1-16-14-17-6-2-3-8-19(17)28(16)22(29)18-7-4-12-26(15-18)20-9-10-21(25-24-20)27-13-5-11-23-27/h2-3,5-6,8-11,13,16,18H,4,7,12,14-15H2,1H3/t16-,18-/m0/s1. The first-order chi connectivity index (χ1) is 14.2. The molecule has 148 valence electrons. The summed E-state index contributed by atoms with van der Waals surface area (Å²) in [6, 6.07) is 14.2. The van der Waals surface area contributed by atoms with E-state index in [2.05, 4.69) is 39.3 Å².